The molecule has 0 radical (unpaired) electrons. The zero-order valence-electron chi connectivity index (χ0n) is 16.1. The molecule has 2 aromatic rings. The zero-order chi connectivity index (χ0) is 20.8. The SMILES string of the molecule is CSc1ccc(C(=O)O[C@@H](C)C(=O)Nc2ccc(C(C)C)cc2)cc1[N+](=O)[O-]. The summed E-state index contributed by atoms with van der Waals surface area (Å²) < 4.78 is 5.16. The van der Waals surface area contributed by atoms with Crippen molar-refractivity contribution in [2.45, 2.75) is 37.7 Å². The van der Waals surface area contributed by atoms with E-state index < -0.39 is 22.9 Å². The van der Waals surface area contributed by atoms with Crippen molar-refractivity contribution in [3.8, 4) is 0 Å². The predicted octanol–water partition coefficient (Wildman–Crippen LogP) is 4.62. The van der Waals surface area contributed by atoms with E-state index >= 15 is 0 Å². The molecular formula is C20H22N2O5S. The maximum Gasteiger partial charge on any atom is 0.339 e. The molecular weight excluding hydrogens is 380 g/mol. The van der Waals surface area contributed by atoms with Crippen LogP contribution in [0, 0.1) is 10.1 Å². The van der Waals surface area contributed by atoms with Crippen LogP contribution in [0.25, 0.3) is 0 Å². The number of nitro groups is 1. The summed E-state index contributed by atoms with van der Waals surface area (Å²) in [5, 5.41) is 13.8. The van der Waals surface area contributed by atoms with Gasteiger partial charge >= 0.3 is 5.97 Å². The number of esters is 1. The molecule has 148 valence electrons. The second kappa shape index (κ2) is 9.36. The summed E-state index contributed by atoms with van der Waals surface area (Å²) in [6.45, 7) is 5.59. The highest BCUT2D eigenvalue weighted by molar-refractivity contribution is 7.98. The fourth-order valence-corrected chi connectivity index (χ4v) is 2.98. The highest BCUT2D eigenvalue weighted by atomic mass is 32.2. The van der Waals surface area contributed by atoms with E-state index in [0.29, 0.717) is 16.5 Å². The number of nitrogens with zero attached hydrogens (tertiary/aromatic N) is 1. The minimum absolute atomic E-state index is 0.0189. The van der Waals surface area contributed by atoms with E-state index in [9.17, 15) is 19.7 Å². The molecule has 1 atom stereocenters. The van der Waals surface area contributed by atoms with Crippen LogP contribution in [0.15, 0.2) is 47.4 Å². The molecule has 0 unspecified atom stereocenters. The topological polar surface area (TPSA) is 98.5 Å². The van der Waals surface area contributed by atoms with Crippen LogP contribution in [0.3, 0.4) is 0 Å². The zero-order valence-corrected chi connectivity index (χ0v) is 16.9. The molecule has 8 heteroatoms. The number of nitro benzene ring substituents is 1. The molecule has 0 fully saturated rings. The van der Waals surface area contributed by atoms with Gasteiger partial charge in [0.15, 0.2) is 6.10 Å². The van der Waals surface area contributed by atoms with Crippen molar-refractivity contribution in [3.05, 3.63) is 63.7 Å². The number of hydrogen-bond donors (Lipinski definition) is 1. The third-order valence-electron chi connectivity index (χ3n) is 4.11. The van der Waals surface area contributed by atoms with Crippen molar-refractivity contribution < 1.29 is 19.2 Å². The molecule has 0 heterocycles. The lowest BCUT2D eigenvalue weighted by molar-refractivity contribution is -0.387. The first-order valence-electron chi connectivity index (χ1n) is 8.67. The summed E-state index contributed by atoms with van der Waals surface area (Å²) in [7, 11) is 0. The van der Waals surface area contributed by atoms with Gasteiger partial charge in [0.05, 0.1) is 15.4 Å². The van der Waals surface area contributed by atoms with E-state index in [0.717, 1.165) is 11.6 Å². The predicted molar refractivity (Wildman–Crippen MR) is 109 cm³/mol. The van der Waals surface area contributed by atoms with Gasteiger partial charge in [-0.2, -0.15) is 0 Å². The fourth-order valence-electron chi connectivity index (χ4n) is 2.44. The van der Waals surface area contributed by atoms with Crippen molar-refractivity contribution in [2.24, 2.45) is 0 Å². The first-order valence-corrected chi connectivity index (χ1v) is 9.89. The molecule has 0 bridgehead atoms. The van der Waals surface area contributed by atoms with E-state index in [1.165, 1.54) is 30.8 Å². The molecule has 0 saturated carbocycles. The molecule has 0 aliphatic rings. The second-order valence-corrected chi connectivity index (χ2v) is 7.31. The van der Waals surface area contributed by atoms with Gasteiger partial charge in [0.1, 0.15) is 0 Å². The Balaban J connectivity index is 2.04. The standard InChI is InChI=1S/C20H22N2O5S/c1-12(2)14-5-8-16(9-6-14)21-19(23)13(3)27-20(24)15-7-10-18(28-4)17(11-15)22(25)26/h5-13H,1-4H3,(H,21,23)/t13-/m0/s1. The van der Waals surface area contributed by atoms with Gasteiger partial charge in [0.25, 0.3) is 11.6 Å². The largest absolute Gasteiger partial charge is 0.449 e. The smallest absolute Gasteiger partial charge is 0.339 e. The van der Waals surface area contributed by atoms with Gasteiger partial charge < -0.3 is 10.1 Å². The number of carbonyl (C=O) groups excluding carboxylic acids is 2. The van der Waals surface area contributed by atoms with E-state index in [1.807, 2.05) is 12.1 Å². The molecule has 7 nitrogen and oxygen atoms in total. The van der Waals surface area contributed by atoms with Gasteiger partial charge in [-0.3, -0.25) is 14.9 Å². The van der Waals surface area contributed by atoms with Gasteiger partial charge in [-0.1, -0.05) is 26.0 Å². The van der Waals surface area contributed by atoms with Gasteiger partial charge in [-0.05, 0) is 48.9 Å². The summed E-state index contributed by atoms with van der Waals surface area (Å²) in [5.74, 6) is -0.902. The van der Waals surface area contributed by atoms with Crippen LogP contribution < -0.4 is 5.32 Å². The molecule has 28 heavy (non-hydrogen) atoms. The molecule has 0 aromatic heterocycles. The van der Waals surface area contributed by atoms with Crippen molar-refractivity contribution in [1.82, 2.24) is 0 Å². The van der Waals surface area contributed by atoms with Crippen LogP contribution >= 0.6 is 11.8 Å². The Morgan fingerprint density at radius 1 is 1.11 bits per heavy atom. The lowest BCUT2D eigenvalue weighted by Gasteiger charge is -2.14. The van der Waals surface area contributed by atoms with Gasteiger partial charge in [-0.25, -0.2) is 4.79 Å². The number of amides is 1. The molecule has 0 spiro atoms. The monoisotopic (exact) mass is 402 g/mol. The summed E-state index contributed by atoms with van der Waals surface area (Å²) in [5.41, 5.74) is 1.58. The van der Waals surface area contributed by atoms with Crippen LogP contribution in [-0.2, 0) is 9.53 Å². The third kappa shape index (κ3) is 5.32. The van der Waals surface area contributed by atoms with Crippen LogP contribution in [-0.4, -0.2) is 29.2 Å². The molecule has 1 N–H and O–H groups in total. The number of anilines is 1. The maximum absolute atomic E-state index is 12.3. The second-order valence-electron chi connectivity index (χ2n) is 6.46. The molecule has 1 amide bonds. The average molecular weight is 402 g/mol. The lowest BCUT2D eigenvalue weighted by atomic mass is 10.0. The summed E-state index contributed by atoms with van der Waals surface area (Å²) in [6, 6.07) is 11.5. The lowest BCUT2D eigenvalue weighted by Crippen LogP contribution is -2.30. The maximum atomic E-state index is 12.3. The Hall–Kier alpha value is -2.87. The number of rotatable bonds is 7. The van der Waals surface area contributed by atoms with Crippen molar-refractivity contribution >= 4 is 35.0 Å². The number of thioether (sulfide) groups is 1. The summed E-state index contributed by atoms with van der Waals surface area (Å²) in [4.78, 5) is 35.6. The van der Waals surface area contributed by atoms with Crippen LogP contribution in [0.5, 0.6) is 0 Å². The average Bonchev–Trinajstić information content (AvgIpc) is 2.67. The summed E-state index contributed by atoms with van der Waals surface area (Å²) >= 11 is 1.21. The van der Waals surface area contributed by atoms with Gasteiger partial charge in [0, 0.05) is 11.8 Å². The minimum Gasteiger partial charge on any atom is -0.449 e. The third-order valence-corrected chi connectivity index (χ3v) is 4.89. The quantitative estimate of drug-likeness (QED) is 0.314. The first kappa shape index (κ1) is 21.4. The molecule has 0 aliphatic heterocycles. The molecule has 0 aliphatic carbocycles. The Kier molecular flexibility index (Phi) is 7.17. The normalized spacial score (nSPS) is 11.8. The highest BCUT2D eigenvalue weighted by Gasteiger charge is 2.22. The van der Waals surface area contributed by atoms with Gasteiger partial charge in [-0.15, -0.1) is 11.8 Å². The fraction of sp³-hybridized carbons (Fsp3) is 0.300. The minimum atomic E-state index is -1.06. The van der Waals surface area contributed by atoms with E-state index in [1.54, 1.807) is 18.4 Å². The Bertz CT molecular complexity index is 881. The number of carbonyl (C=O) groups is 2. The van der Waals surface area contributed by atoms with Gasteiger partial charge in [0.2, 0.25) is 0 Å². The number of nitrogens with one attached hydrogen (secondary N) is 1. The van der Waals surface area contributed by atoms with E-state index in [4.69, 9.17) is 4.74 Å². The molecule has 0 saturated heterocycles. The highest BCUT2D eigenvalue weighted by Crippen LogP contribution is 2.28. The summed E-state index contributed by atoms with van der Waals surface area (Å²) in [6.07, 6.45) is 0.650. The van der Waals surface area contributed by atoms with Crippen molar-refractivity contribution in [3.63, 3.8) is 0 Å². The Labute approximate surface area is 167 Å². The van der Waals surface area contributed by atoms with Crippen molar-refractivity contribution in [1.29, 1.82) is 0 Å². The van der Waals surface area contributed by atoms with E-state index in [-0.39, 0.29) is 11.3 Å². The van der Waals surface area contributed by atoms with Crippen LogP contribution in [0.1, 0.15) is 42.6 Å². The van der Waals surface area contributed by atoms with Crippen LogP contribution in [0.2, 0.25) is 0 Å². The number of benzene rings is 2. The Morgan fingerprint density at radius 2 is 1.75 bits per heavy atom. The van der Waals surface area contributed by atoms with E-state index in [2.05, 4.69) is 19.2 Å². The number of hydrogen-bond acceptors (Lipinski definition) is 6. The van der Waals surface area contributed by atoms with Crippen molar-refractivity contribution in [2.75, 3.05) is 11.6 Å². The molecule has 2 rings (SSSR count). The number of ether oxygens (including phenoxy) is 1. The molecule has 2 aromatic carbocycles. The first-order chi connectivity index (χ1) is 13.2. The Morgan fingerprint density at radius 3 is 2.29 bits per heavy atom. The van der Waals surface area contributed by atoms with Crippen LogP contribution in [0.4, 0.5) is 11.4 Å².